The summed E-state index contributed by atoms with van der Waals surface area (Å²) in [6.45, 7) is 1.97. The van der Waals surface area contributed by atoms with Crippen molar-refractivity contribution in [3.05, 3.63) is 53.9 Å². The number of hydrogen-bond donors (Lipinski definition) is 0. The number of aryl methyl sites for hydroxylation is 1. The van der Waals surface area contributed by atoms with Gasteiger partial charge in [0.05, 0.1) is 16.9 Å². The third-order valence-corrected chi connectivity index (χ3v) is 4.22. The molecule has 2 rings (SSSR count). The molecule has 0 aliphatic rings. The van der Waals surface area contributed by atoms with E-state index in [1.807, 2.05) is 25.1 Å². The van der Waals surface area contributed by atoms with Gasteiger partial charge in [-0.1, -0.05) is 23.2 Å². The van der Waals surface area contributed by atoms with Crippen LogP contribution in [0.5, 0.6) is 0 Å². The predicted octanol–water partition coefficient (Wildman–Crippen LogP) is 3.45. The maximum Gasteiger partial charge on any atom is 0.291 e. The van der Waals surface area contributed by atoms with Gasteiger partial charge < -0.3 is 0 Å². The van der Waals surface area contributed by atoms with Crippen LogP contribution in [0.15, 0.2) is 29.2 Å². The highest BCUT2D eigenvalue weighted by atomic mass is 127. The first-order valence-corrected chi connectivity index (χ1v) is 6.54. The first-order valence-electron chi connectivity index (χ1n) is 4.70. The highest BCUT2D eigenvalue weighted by molar-refractivity contribution is 14.1. The van der Waals surface area contributed by atoms with E-state index in [4.69, 9.17) is 23.2 Å². The van der Waals surface area contributed by atoms with E-state index in [1.165, 1.54) is 10.9 Å². The predicted molar refractivity (Wildman–Crippen MR) is 77.3 cm³/mol. The molecule has 0 amide bonds. The minimum atomic E-state index is -0.417. The summed E-state index contributed by atoms with van der Waals surface area (Å²) in [6.07, 6.45) is 1.36. The summed E-state index contributed by atoms with van der Waals surface area (Å²) < 4.78 is 2.36. The van der Waals surface area contributed by atoms with Gasteiger partial charge in [-0.15, -0.1) is 0 Å². The molecule has 1 heterocycles. The molecule has 2 aromatic rings. The van der Waals surface area contributed by atoms with Crippen molar-refractivity contribution in [3.63, 3.8) is 0 Å². The van der Waals surface area contributed by atoms with E-state index in [9.17, 15) is 4.79 Å². The van der Waals surface area contributed by atoms with Crippen LogP contribution in [0.25, 0.3) is 5.69 Å². The van der Waals surface area contributed by atoms with Gasteiger partial charge in [-0.25, -0.2) is 0 Å². The van der Waals surface area contributed by atoms with E-state index < -0.39 is 5.56 Å². The number of hydrogen-bond acceptors (Lipinski definition) is 2. The minimum absolute atomic E-state index is 0.0159. The fourth-order valence-corrected chi connectivity index (χ4v) is 1.95. The normalized spacial score (nSPS) is 10.6. The lowest BCUT2D eigenvalue weighted by Gasteiger charge is -2.07. The van der Waals surface area contributed by atoms with Crippen LogP contribution in [-0.4, -0.2) is 9.78 Å². The fourth-order valence-electron chi connectivity index (χ4n) is 1.36. The molecule has 0 spiro atoms. The lowest BCUT2D eigenvalue weighted by atomic mass is 10.2. The first kappa shape index (κ1) is 12.9. The molecular weight excluding hydrogens is 374 g/mol. The Kier molecular flexibility index (Phi) is 3.75. The maximum absolute atomic E-state index is 11.9. The summed E-state index contributed by atoms with van der Waals surface area (Å²) in [5.74, 6) is 0. The molecule has 0 aliphatic heterocycles. The van der Waals surface area contributed by atoms with E-state index in [0.29, 0.717) is 5.69 Å². The largest absolute Gasteiger partial charge is 0.291 e. The molecule has 88 valence electrons. The lowest BCUT2D eigenvalue weighted by molar-refractivity contribution is 0.806. The SMILES string of the molecule is Cc1cc(-n2ncc(Cl)c(Cl)c2=O)ccc1I. The molecular formula is C11H7Cl2IN2O. The van der Waals surface area contributed by atoms with Crippen molar-refractivity contribution in [1.82, 2.24) is 9.78 Å². The van der Waals surface area contributed by atoms with E-state index >= 15 is 0 Å². The molecule has 0 aliphatic carbocycles. The molecule has 17 heavy (non-hydrogen) atoms. The highest BCUT2D eigenvalue weighted by Crippen LogP contribution is 2.18. The van der Waals surface area contributed by atoms with Crippen LogP contribution in [0.2, 0.25) is 10.0 Å². The van der Waals surface area contributed by atoms with Gasteiger partial charge >= 0.3 is 0 Å². The van der Waals surface area contributed by atoms with Crippen LogP contribution in [0.4, 0.5) is 0 Å². The van der Waals surface area contributed by atoms with Crippen molar-refractivity contribution in [2.45, 2.75) is 6.92 Å². The highest BCUT2D eigenvalue weighted by Gasteiger charge is 2.09. The van der Waals surface area contributed by atoms with Crippen molar-refractivity contribution in [3.8, 4) is 5.69 Å². The molecule has 0 N–H and O–H groups in total. The maximum atomic E-state index is 11.9. The molecule has 6 heteroatoms. The van der Waals surface area contributed by atoms with E-state index in [-0.39, 0.29) is 10.0 Å². The van der Waals surface area contributed by atoms with Gasteiger partial charge in [0.2, 0.25) is 0 Å². The molecule has 0 fully saturated rings. The van der Waals surface area contributed by atoms with Gasteiger partial charge in [0, 0.05) is 3.57 Å². The number of benzene rings is 1. The Morgan fingerprint density at radius 2 is 2.06 bits per heavy atom. The summed E-state index contributed by atoms with van der Waals surface area (Å²) in [4.78, 5) is 11.9. The molecule has 0 radical (unpaired) electrons. The smallest absolute Gasteiger partial charge is 0.266 e. The number of nitrogens with zero attached hydrogens (tertiary/aromatic N) is 2. The zero-order chi connectivity index (χ0) is 12.6. The Balaban J connectivity index is 2.65. The van der Waals surface area contributed by atoms with Gasteiger partial charge in [0.1, 0.15) is 5.02 Å². The number of rotatable bonds is 1. The van der Waals surface area contributed by atoms with Gasteiger partial charge in [-0.05, 0) is 53.3 Å². The van der Waals surface area contributed by atoms with Crippen LogP contribution in [0.1, 0.15) is 5.56 Å². The monoisotopic (exact) mass is 380 g/mol. The molecule has 0 saturated carbocycles. The van der Waals surface area contributed by atoms with Crippen molar-refractivity contribution in [1.29, 1.82) is 0 Å². The topological polar surface area (TPSA) is 34.9 Å². The van der Waals surface area contributed by atoms with Crippen LogP contribution in [-0.2, 0) is 0 Å². The molecule has 0 atom stereocenters. The Labute approximate surface area is 122 Å². The Morgan fingerprint density at radius 1 is 1.35 bits per heavy atom. The standard InChI is InChI=1S/C11H7Cl2IN2O/c1-6-4-7(2-3-9(6)14)16-11(17)10(13)8(12)5-15-16/h2-5H,1H3. The van der Waals surface area contributed by atoms with Crippen LogP contribution >= 0.6 is 45.8 Å². The number of aromatic nitrogens is 2. The Bertz CT molecular complexity index is 640. The third-order valence-electron chi connectivity index (χ3n) is 2.26. The van der Waals surface area contributed by atoms with Crippen LogP contribution < -0.4 is 5.56 Å². The average molecular weight is 381 g/mol. The van der Waals surface area contributed by atoms with Crippen molar-refractivity contribution >= 4 is 45.8 Å². The van der Waals surface area contributed by atoms with Crippen molar-refractivity contribution in [2.75, 3.05) is 0 Å². The number of halogens is 3. The third kappa shape index (κ3) is 2.48. The van der Waals surface area contributed by atoms with Gasteiger partial charge in [-0.3, -0.25) is 4.79 Å². The summed E-state index contributed by atoms with van der Waals surface area (Å²) in [5.41, 5.74) is 1.33. The van der Waals surface area contributed by atoms with Crippen molar-refractivity contribution in [2.24, 2.45) is 0 Å². The van der Waals surface area contributed by atoms with E-state index in [1.54, 1.807) is 0 Å². The quantitative estimate of drug-likeness (QED) is 0.710. The summed E-state index contributed by atoms with van der Waals surface area (Å²) in [7, 11) is 0. The first-order chi connectivity index (χ1) is 8.00. The summed E-state index contributed by atoms with van der Waals surface area (Å²) in [5, 5.41) is 4.11. The molecule has 1 aromatic heterocycles. The molecule has 0 saturated heterocycles. The average Bonchev–Trinajstić information content (AvgIpc) is 2.30. The lowest BCUT2D eigenvalue weighted by Crippen LogP contribution is -2.21. The van der Waals surface area contributed by atoms with Gasteiger partial charge in [0.25, 0.3) is 5.56 Å². The molecule has 0 bridgehead atoms. The van der Waals surface area contributed by atoms with Crippen LogP contribution in [0, 0.1) is 10.5 Å². The van der Waals surface area contributed by atoms with E-state index in [0.717, 1.165) is 9.13 Å². The summed E-state index contributed by atoms with van der Waals surface area (Å²) >= 11 is 13.7. The Hall–Kier alpha value is -0.590. The summed E-state index contributed by atoms with van der Waals surface area (Å²) in [6, 6.07) is 5.61. The van der Waals surface area contributed by atoms with Gasteiger partial charge in [0.15, 0.2) is 0 Å². The molecule has 3 nitrogen and oxygen atoms in total. The molecule has 0 unspecified atom stereocenters. The second-order valence-corrected chi connectivity index (χ2v) is 5.40. The fraction of sp³-hybridized carbons (Fsp3) is 0.0909. The second-order valence-electron chi connectivity index (χ2n) is 3.46. The Morgan fingerprint density at radius 3 is 2.71 bits per heavy atom. The van der Waals surface area contributed by atoms with Gasteiger partial charge in [-0.2, -0.15) is 9.78 Å². The van der Waals surface area contributed by atoms with Crippen LogP contribution in [0.3, 0.4) is 0 Å². The molecule has 1 aromatic carbocycles. The van der Waals surface area contributed by atoms with E-state index in [2.05, 4.69) is 27.7 Å². The minimum Gasteiger partial charge on any atom is -0.266 e. The van der Waals surface area contributed by atoms with Crippen molar-refractivity contribution < 1.29 is 0 Å². The second kappa shape index (κ2) is 4.96. The zero-order valence-electron chi connectivity index (χ0n) is 8.75. The zero-order valence-corrected chi connectivity index (χ0v) is 12.4.